The summed E-state index contributed by atoms with van der Waals surface area (Å²) in [5.74, 6) is 2.52. The highest BCUT2D eigenvalue weighted by atomic mass is 32.2. The number of carbonyl (C=O) groups is 1. The van der Waals surface area contributed by atoms with Crippen LogP contribution in [0.3, 0.4) is 0 Å². The molecule has 31 heavy (non-hydrogen) atoms. The van der Waals surface area contributed by atoms with Crippen molar-refractivity contribution in [2.45, 2.75) is 37.0 Å². The summed E-state index contributed by atoms with van der Waals surface area (Å²) in [5.41, 5.74) is 1.96. The third kappa shape index (κ3) is 4.36. The van der Waals surface area contributed by atoms with Gasteiger partial charge in [0.2, 0.25) is 5.91 Å². The molecule has 0 saturated heterocycles. The Kier molecular flexibility index (Phi) is 5.50. The quantitative estimate of drug-likeness (QED) is 0.566. The van der Waals surface area contributed by atoms with Crippen molar-refractivity contribution in [1.82, 2.24) is 25.1 Å². The third-order valence-corrected chi connectivity index (χ3v) is 6.23. The molecule has 160 valence electrons. The summed E-state index contributed by atoms with van der Waals surface area (Å²) in [7, 11) is 0. The number of hydrogen-bond acceptors (Lipinski definition) is 7. The number of rotatable bonds is 7. The van der Waals surface area contributed by atoms with Crippen LogP contribution in [0.1, 0.15) is 37.4 Å². The van der Waals surface area contributed by atoms with Crippen LogP contribution in [0.25, 0.3) is 11.4 Å². The summed E-state index contributed by atoms with van der Waals surface area (Å²) in [6, 6.07) is 9.89. The number of benzene rings is 1. The highest BCUT2D eigenvalue weighted by Gasteiger charge is 2.30. The molecule has 2 aliphatic rings. The molecule has 0 bridgehead atoms. The Balaban J connectivity index is 1.23. The Morgan fingerprint density at radius 1 is 1.16 bits per heavy atom. The van der Waals surface area contributed by atoms with E-state index < -0.39 is 0 Å². The number of pyridine rings is 1. The zero-order valence-corrected chi connectivity index (χ0v) is 18.0. The standard InChI is InChI=1S/C22H23N5O3S/c1-14(16-2-5-18-19(12-16)30-11-10-29-18)24-20(28)13-31-22-26-25-21(27(22)17-3-4-17)15-6-8-23-9-7-15/h2,5-9,12,14,17H,3-4,10-11,13H2,1H3,(H,24,28)/t14-/m0/s1. The zero-order chi connectivity index (χ0) is 21.2. The molecule has 1 aliphatic carbocycles. The summed E-state index contributed by atoms with van der Waals surface area (Å²) < 4.78 is 13.4. The van der Waals surface area contributed by atoms with E-state index in [1.165, 1.54) is 11.8 Å². The van der Waals surface area contributed by atoms with Crippen molar-refractivity contribution in [2.75, 3.05) is 19.0 Å². The Morgan fingerprint density at radius 2 is 1.94 bits per heavy atom. The number of aromatic nitrogens is 4. The first-order valence-electron chi connectivity index (χ1n) is 10.4. The minimum atomic E-state index is -0.141. The van der Waals surface area contributed by atoms with Crippen LogP contribution in [0.5, 0.6) is 11.5 Å². The number of ether oxygens (including phenoxy) is 2. The van der Waals surface area contributed by atoms with Crippen molar-refractivity contribution in [3.63, 3.8) is 0 Å². The first kappa shape index (κ1) is 19.9. The lowest BCUT2D eigenvalue weighted by atomic mass is 10.1. The van der Waals surface area contributed by atoms with Gasteiger partial charge in [-0.1, -0.05) is 17.8 Å². The Labute approximate surface area is 184 Å². The molecule has 5 rings (SSSR count). The first-order valence-corrected chi connectivity index (χ1v) is 11.3. The monoisotopic (exact) mass is 437 g/mol. The molecule has 0 radical (unpaired) electrons. The highest BCUT2D eigenvalue weighted by molar-refractivity contribution is 7.99. The predicted molar refractivity (Wildman–Crippen MR) is 116 cm³/mol. The maximum Gasteiger partial charge on any atom is 0.230 e. The molecule has 8 nitrogen and oxygen atoms in total. The summed E-state index contributed by atoms with van der Waals surface area (Å²) in [4.78, 5) is 16.7. The summed E-state index contributed by atoms with van der Waals surface area (Å²) in [6.07, 6.45) is 5.72. The predicted octanol–water partition coefficient (Wildman–Crippen LogP) is 3.42. The normalized spacial score (nSPS) is 16.0. The lowest BCUT2D eigenvalue weighted by molar-refractivity contribution is -0.119. The zero-order valence-electron chi connectivity index (χ0n) is 17.2. The number of hydrogen-bond donors (Lipinski definition) is 1. The van der Waals surface area contributed by atoms with Gasteiger partial charge in [0, 0.05) is 24.0 Å². The molecule has 1 N–H and O–H groups in total. The first-order chi connectivity index (χ1) is 15.2. The van der Waals surface area contributed by atoms with E-state index in [4.69, 9.17) is 9.47 Å². The molecule has 1 amide bonds. The maximum absolute atomic E-state index is 12.6. The van der Waals surface area contributed by atoms with Gasteiger partial charge in [-0.3, -0.25) is 14.3 Å². The molecular formula is C22H23N5O3S. The van der Waals surface area contributed by atoms with Gasteiger partial charge in [0.15, 0.2) is 22.5 Å². The van der Waals surface area contributed by atoms with E-state index in [2.05, 4.69) is 25.1 Å². The van der Waals surface area contributed by atoms with Gasteiger partial charge >= 0.3 is 0 Å². The number of carbonyl (C=O) groups excluding carboxylic acids is 1. The number of thioether (sulfide) groups is 1. The van der Waals surface area contributed by atoms with Crippen LogP contribution in [-0.2, 0) is 4.79 Å². The third-order valence-electron chi connectivity index (χ3n) is 5.29. The topological polar surface area (TPSA) is 91.2 Å². The molecule has 1 fully saturated rings. The number of amides is 1. The van der Waals surface area contributed by atoms with E-state index in [1.807, 2.05) is 37.3 Å². The minimum Gasteiger partial charge on any atom is -0.486 e. The highest BCUT2D eigenvalue weighted by Crippen LogP contribution is 2.41. The van der Waals surface area contributed by atoms with Gasteiger partial charge in [0.25, 0.3) is 0 Å². The number of fused-ring (bicyclic) bond motifs is 1. The van der Waals surface area contributed by atoms with Gasteiger partial charge in [-0.05, 0) is 49.6 Å². The SMILES string of the molecule is C[C@H](NC(=O)CSc1nnc(-c2ccncc2)n1C1CC1)c1ccc2c(c1)OCCO2. The molecule has 1 aliphatic heterocycles. The van der Waals surface area contributed by atoms with E-state index in [0.29, 0.717) is 19.3 Å². The largest absolute Gasteiger partial charge is 0.486 e. The summed E-state index contributed by atoms with van der Waals surface area (Å²) in [5, 5.41) is 12.6. The van der Waals surface area contributed by atoms with E-state index in [0.717, 1.165) is 46.4 Å². The van der Waals surface area contributed by atoms with Gasteiger partial charge in [0.1, 0.15) is 13.2 Å². The molecule has 0 unspecified atom stereocenters. The molecule has 1 atom stereocenters. The van der Waals surface area contributed by atoms with E-state index in [1.54, 1.807) is 12.4 Å². The van der Waals surface area contributed by atoms with Crippen LogP contribution in [0, 0.1) is 0 Å². The smallest absolute Gasteiger partial charge is 0.230 e. The summed E-state index contributed by atoms with van der Waals surface area (Å²) in [6.45, 7) is 3.06. The molecule has 3 heterocycles. The van der Waals surface area contributed by atoms with Gasteiger partial charge in [0.05, 0.1) is 11.8 Å². The molecule has 2 aromatic heterocycles. The van der Waals surface area contributed by atoms with Crippen LogP contribution >= 0.6 is 11.8 Å². The van der Waals surface area contributed by atoms with Gasteiger partial charge in [-0.25, -0.2) is 0 Å². The van der Waals surface area contributed by atoms with Crippen molar-refractivity contribution in [2.24, 2.45) is 0 Å². The van der Waals surface area contributed by atoms with Gasteiger partial charge in [-0.15, -0.1) is 10.2 Å². The fraction of sp³-hybridized carbons (Fsp3) is 0.364. The maximum atomic E-state index is 12.6. The molecule has 1 saturated carbocycles. The van der Waals surface area contributed by atoms with Crippen LogP contribution in [0.4, 0.5) is 0 Å². The van der Waals surface area contributed by atoms with Crippen molar-refractivity contribution < 1.29 is 14.3 Å². The average Bonchev–Trinajstić information content (AvgIpc) is 3.56. The van der Waals surface area contributed by atoms with Gasteiger partial charge in [-0.2, -0.15) is 0 Å². The van der Waals surface area contributed by atoms with Crippen molar-refractivity contribution in [3.8, 4) is 22.9 Å². The van der Waals surface area contributed by atoms with Crippen LogP contribution in [-0.4, -0.2) is 44.6 Å². The number of nitrogens with one attached hydrogen (secondary N) is 1. The average molecular weight is 438 g/mol. The minimum absolute atomic E-state index is 0.0526. The molecular weight excluding hydrogens is 414 g/mol. The fourth-order valence-electron chi connectivity index (χ4n) is 3.56. The Bertz CT molecular complexity index is 1080. The molecule has 0 spiro atoms. The van der Waals surface area contributed by atoms with E-state index in [-0.39, 0.29) is 17.7 Å². The fourth-order valence-corrected chi connectivity index (χ4v) is 4.38. The van der Waals surface area contributed by atoms with Crippen LogP contribution in [0.15, 0.2) is 47.9 Å². The molecule has 3 aromatic rings. The van der Waals surface area contributed by atoms with Crippen molar-refractivity contribution in [3.05, 3.63) is 48.3 Å². The van der Waals surface area contributed by atoms with E-state index >= 15 is 0 Å². The van der Waals surface area contributed by atoms with E-state index in [9.17, 15) is 4.79 Å². The second-order valence-electron chi connectivity index (χ2n) is 7.62. The summed E-state index contributed by atoms with van der Waals surface area (Å²) >= 11 is 1.42. The Hall–Kier alpha value is -3.07. The molecule has 1 aromatic carbocycles. The van der Waals surface area contributed by atoms with Gasteiger partial charge < -0.3 is 14.8 Å². The van der Waals surface area contributed by atoms with Crippen molar-refractivity contribution >= 4 is 17.7 Å². The lowest BCUT2D eigenvalue weighted by Gasteiger charge is -2.21. The second-order valence-corrected chi connectivity index (χ2v) is 8.57. The Morgan fingerprint density at radius 3 is 2.71 bits per heavy atom. The number of nitrogens with zero attached hydrogens (tertiary/aromatic N) is 4. The second kappa shape index (κ2) is 8.58. The van der Waals surface area contributed by atoms with Crippen LogP contribution < -0.4 is 14.8 Å². The molecule has 9 heteroatoms. The van der Waals surface area contributed by atoms with Crippen LogP contribution in [0.2, 0.25) is 0 Å². The van der Waals surface area contributed by atoms with Crippen molar-refractivity contribution in [1.29, 1.82) is 0 Å². The lowest BCUT2D eigenvalue weighted by Crippen LogP contribution is -2.28.